The van der Waals surface area contributed by atoms with Crippen molar-refractivity contribution in [2.45, 2.75) is 32.2 Å². The van der Waals surface area contributed by atoms with Crippen LogP contribution in [0.1, 0.15) is 26.7 Å². The molecule has 7 heteroatoms. The molecule has 0 radical (unpaired) electrons. The van der Waals surface area contributed by atoms with E-state index in [1.165, 1.54) is 18.9 Å². The highest BCUT2D eigenvalue weighted by Gasteiger charge is 2.40. The summed E-state index contributed by atoms with van der Waals surface area (Å²) in [5.74, 6) is -1.74. The highest BCUT2D eigenvalue weighted by molar-refractivity contribution is 6.02. The number of para-hydroxylation sites is 2. The Balaban J connectivity index is 2.15. The minimum absolute atomic E-state index is 0.0449. The van der Waals surface area contributed by atoms with Gasteiger partial charge in [0.25, 0.3) is 0 Å². The van der Waals surface area contributed by atoms with Gasteiger partial charge in [0.2, 0.25) is 11.8 Å². The van der Waals surface area contributed by atoms with Crippen molar-refractivity contribution in [3.8, 4) is 5.75 Å². The molecule has 2 unspecified atom stereocenters. The number of nitrogens with one attached hydrogen (secondary N) is 1. The number of rotatable bonds is 6. The van der Waals surface area contributed by atoms with Crippen LogP contribution in [-0.4, -0.2) is 42.1 Å². The Kier molecular flexibility index (Phi) is 5.11. The highest BCUT2D eigenvalue weighted by Crippen LogP contribution is 2.33. The summed E-state index contributed by atoms with van der Waals surface area (Å²) in [7, 11) is 1.52. The summed E-state index contributed by atoms with van der Waals surface area (Å²) in [6.45, 7) is 3.35. The van der Waals surface area contributed by atoms with Crippen LogP contribution in [0.25, 0.3) is 0 Å². The molecule has 0 spiro atoms. The van der Waals surface area contributed by atoms with Crippen molar-refractivity contribution >= 4 is 23.5 Å². The van der Waals surface area contributed by atoms with E-state index in [1.807, 2.05) is 0 Å². The fourth-order valence-electron chi connectivity index (χ4n) is 2.64. The standard InChI is InChI=1S/C17H22N2O5/c1-4-17(2,16(22)23)18-15(21)11-9-14(20)19(10-11)12-7-5-6-8-13(12)24-3/h5-8,11H,4,9-10H2,1-3H3,(H,18,21)(H,22,23). The molecule has 1 aromatic carbocycles. The van der Waals surface area contributed by atoms with Crippen molar-refractivity contribution in [2.75, 3.05) is 18.6 Å². The number of nitrogens with zero attached hydrogens (tertiary/aromatic N) is 1. The molecule has 0 aromatic heterocycles. The van der Waals surface area contributed by atoms with Gasteiger partial charge >= 0.3 is 5.97 Å². The third-order valence-electron chi connectivity index (χ3n) is 4.45. The topological polar surface area (TPSA) is 95.9 Å². The van der Waals surface area contributed by atoms with Gasteiger partial charge in [-0.3, -0.25) is 9.59 Å². The molecule has 130 valence electrons. The number of anilines is 1. The second kappa shape index (κ2) is 6.90. The molecule has 0 saturated carbocycles. The summed E-state index contributed by atoms with van der Waals surface area (Å²) in [4.78, 5) is 37.6. The number of methoxy groups -OCH3 is 1. The van der Waals surface area contributed by atoms with Crippen molar-refractivity contribution in [3.63, 3.8) is 0 Å². The van der Waals surface area contributed by atoms with E-state index in [4.69, 9.17) is 4.74 Å². The number of hydrogen-bond acceptors (Lipinski definition) is 4. The molecule has 0 bridgehead atoms. The summed E-state index contributed by atoms with van der Waals surface area (Å²) in [5, 5.41) is 11.8. The van der Waals surface area contributed by atoms with Gasteiger partial charge < -0.3 is 20.1 Å². The highest BCUT2D eigenvalue weighted by atomic mass is 16.5. The Labute approximate surface area is 140 Å². The van der Waals surface area contributed by atoms with Gasteiger partial charge in [0, 0.05) is 13.0 Å². The maximum Gasteiger partial charge on any atom is 0.329 e. The lowest BCUT2D eigenvalue weighted by atomic mass is 9.97. The molecular formula is C17H22N2O5. The largest absolute Gasteiger partial charge is 0.495 e. The predicted molar refractivity (Wildman–Crippen MR) is 87.9 cm³/mol. The summed E-state index contributed by atoms with van der Waals surface area (Å²) in [5.41, 5.74) is -0.727. The molecule has 1 heterocycles. The summed E-state index contributed by atoms with van der Waals surface area (Å²) >= 11 is 0. The number of carbonyl (C=O) groups excluding carboxylic acids is 2. The van der Waals surface area contributed by atoms with E-state index < -0.39 is 23.3 Å². The first kappa shape index (κ1) is 17.8. The lowest BCUT2D eigenvalue weighted by Gasteiger charge is -2.26. The van der Waals surface area contributed by atoms with Crippen LogP contribution in [0.4, 0.5) is 5.69 Å². The van der Waals surface area contributed by atoms with Gasteiger partial charge in [0.1, 0.15) is 11.3 Å². The Morgan fingerprint density at radius 1 is 1.42 bits per heavy atom. The van der Waals surface area contributed by atoms with Crippen LogP contribution in [0.15, 0.2) is 24.3 Å². The number of carboxylic acid groups (broad SMARTS) is 1. The van der Waals surface area contributed by atoms with Gasteiger partial charge in [-0.25, -0.2) is 4.79 Å². The molecule has 0 aliphatic carbocycles. The van der Waals surface area contributed by atoms with Crippen LogP contribution in [0.2, 0.25) is 0 Å². The van der Waals surface area contributed by atoms with Crippen LogP contribution in [0.5, 0.6) is 5.75 Å². The maximum atomic E-state index is 12.4. The molecular weight excluding hydrogens is 312 g/mol. The summed E-state index contributed by atoms with van der Waals surface area (Å²) in [6.07, 6.45) is 0.300. The van der Waals surface area contributed by atoms with E-state index >= 15 is 0 Å². The van der Waals surface area contributed by atoms with Crippen LogP contribution in [0.3, 0.4) is 0 Å². The van der Waals surface area contributed by atoms with Gasteiger partial charge in [0.05, 0.1) is 18.7 Å². The number of amides is 2. The van der Waals surface area contributed by atoms with Crippen molar-refractivity contribution in [3.05, 3.63) is 24.3 Å². The Morgan fingerprint density at radius 3 is 2.67 bits per heavy atom. The number of benzene rings is 1. The van der Waals surface area contributed by atoms with Gasteiger partial charge in [-0.05, 0) is 25.5 Å². The van der Waals surface area contributed by atoms with E-state index in [1.54, 1.807) is 31.2 Å². The molecule has 1 aliphatic heterocycles. The molecule has 2 amide bonds. The SMILES string of the molecule is CCC(C)(NC(=O)C1CC(=O)N(c2ccccc2OC)C1)C(=O)O. The summed E-state index contributed by atoms with van der Waals surface area (Å²) < 4.78 is 5.26. The van der Waals surface area contributed by atoms with Gasteiger partial charge in [-0.2, -0.15) is 0 Å². The van der Waals surface area contributed by atoms with Crippen molar-refractivity contribution in [1.82, 2.24) is 5.32 Å². The zero-order chi connectivity index (χ0) is 17.9. The minimum atomic E-state index is -1.34. The van der Waals surface area contributed by atoms with E-state index in [0.717, 1.165) is 0 Å². The van der Waals surface area contributed by atoms with E-state index in [-0.39, 0.29) is 25.3 Å². The van der Waals surface area contributed by atoms with Crippen LogP contribution in [0, 0.1) is 5.92 Å². The molecule has 1 aromatic rings. The van der Waals surface area contributed by atoms with Gasteiger partial charge in [-0.15, -0.1) is 0 Å². The first-order chi connectivity index (χ1) is 11.3. The number of carbonyl (C=O) groups is 3. The summed E-state index contributed by atoms with van der Waals surface area (Å²) in [6, 6.07) is 7.09. The second-order valence-electron chi connectivity index (χ2n) is 6.06. The molecule has 1 aliphatic rings. The van der Waals surface area contributed by atoms with Crippen LogP contribution >= 0.6 is 0 Å². The quantitative estimate of drug-likeness (QED) is 0.820. The molecule has 1 fully saturated rings. The second-order valence-corrected chi connectivity index (χ2v) is 6.06. The maximum absolute atomic E-state index is 12.4. The Morgan fingerprint density at radius 2 is 2.08 bits per heavy atom. The third-order valence-corrected chi connectivity index (χ3v) is 4.45. The number of hydrogen-bond donors (Lipinski definition) is 2. The lowest BCUT2D eigenvalue weighted by Crippen LogP contribution is -2.53. The van der Waals surface area contributed by atoms with E-state index in [2.05, 4.69) is 5.32 Å². The molecule has 2 atom stereocenters. The average Bonchev–Trinajstić information content (AvgIpc) is 2.96. The van der Waals surface area contributed by atoms with Crippen molar-refractivity contribution in [1.29, 1.82) is 0 Å². The van der Waals surface area contributed by atoms with E-state index in [0.29, 0.717) is 11.4 Å². The van der Waals surface area contributed by atoms with Gasteiger partial charge in [-0.1, -0.05) is 19.1 Å². The van der Waals surface area contributed by atoms with Crippen molar-refractivity contribution in [2.24, 2.45) is 5.92 Å². The minimum Gasteiger partial charge on any atom is -0.495 e. The Bertz CT molecular complexity index is 660. The fourth-order valence-corrected chi connectivity index (χ4v) is 2.64. The first-order valence-corrected chi connectivity index (χ1v) is 7.81. The van der Waals surface area contributed by atoms with Crippen LogP contribution in [-0.2, 0) is 14.4 Å². The molecule has 1 saturated heterocycles. The van der Waals surface area contributed by atoms with Gasteiger partial charge in [0.15, 0.2) is 0 Å². The first-order valence-electron chi connectivity index (χ1n) is 7.81. The molecule has 2 rings (SSSR count). The zero-order valence-corrected chi connectivity index (χ0v) is 14.0. The third kappa shape index (κ3) is 3.34. The molecule has 7 nitrogen and oxygen atoms in total. The fraction of sp³-hybridized carbons (Fsp3) is 0.471. The zero-order valence-electron chi connectivity index (χ0n) is 14.0. The number of ether oxygens (including phenoxy) is 1. The normalized spacial score (nSPS) is 19.7. The number of aliphatic carboxylic acids is 1. The molecule has 24 heavy (non-hydrogen) atoms. The van der Waals surface area contributed by atoms with Crippen LogP contribution < -0.4 is 15.0 Å². The monoisotopic (exact) mass is 334 g/mol. The Hall–Kier alpha value is -2.57. The molecule has 2 N–H and O–H groups in total. The van der Waals surface area contributed by atoms with E-state index in [9.17, 15) is 19.5 Å². The number of carboxylic acids is 1. The predicted octanol–water partition coefficient (Wildman–Crippen LogP) is 1.42. The smallest absolute Gasteiger partial charge is 0.329 e. The van der Waals surface area contributed by atoms with Crippen molar-refractivity contribution < 1.29 is 24.2 Å². The average molecular weight is 334 g/mol. The lowest BCUT2D eigenvalue weighted by molar-refractivity contribution is -0.147.